The van der Waals surface area contributed by atoms with Crippen molar-refractivity contribution >= 4 is 44.7 Å². The van der Waals surface area contributed by atoms with Gasteiger partial charge in [0.05, 0.1) is 28.7 Å². The lowest BCUT2D eigenvalue weighted by molar-refractivity contribution is -0.117. The molecule has 10 nitrogen and oxygen atoms in total. The fourth-order valence-corrected chi connectivity index (χ4v) is 6.97. The van der Waals surface area contributed by atoms with Crippen LogP contribution in [0.3, 0.4) is 0 Å². The van der Waals surface area contributed by atoms with Gasteiger partial charge in [-0.15, -0.1) is 11.3 Å². The number of sulfonamides is 1. The van der Waals surface area contributed by atoms with Gasteiger partial charge in [0.25, 0.3) is 0 Å². The van der Waals surface area contributed by atoms with Gasteiger partial charge in [0.15, 0.2) is 0 Å². The summed E-state index contributed by atoms with van der Waals surface area (Å²) < 4.78 is 40.5. The smallest absolute Gasteiger partial charge is 0.411 e. The summed E-state index contributed by atoms with van der Waals surface area (Å²) in [6, 6.07) is 10.3. The molecule has 0 bridgehead atoms. The van der Waals surface area contributed by atoms with Gasteiger partial charge in [-0.25, -0.2) is 22.9 Å². The summed E-state index contributed by atoms with van der Waals surface area (Å²) in [5.74, 6) is 0.400. The fourth-order valence-electron chi connectivity index (χ4n) is 4.30. The van der Waals surface area contributed by atoms with Crippen molar-refractivity contribution in [2.45, 2.75) is 64.0 Å². The van der Waals surface area contributed by atoms with Crippen LogP contribution in [0, 0.1) is 0 Å². The molecular formula is C28H34N4O6S2. The first-order valence-corrected chi connectivity index (χ1v) is 15.2. The first kappa shape index (κ1) is 29.5. The maximum Gasteiger partial charge on any atom is 0.411 e. The van der Waals surface area contributed by atoms with E-state index in [-0.39, 0.29) is 16.9 Å². The largest absolute Gasteiger partial charge is 0.495 e. The molecule has 0 unspecified atom stereocenters. The highest BCUT2D eigenvalue weighted by molar-refractivity contribution is 7.89. The molecule has 12 heteroatoms. The van der Waals surface area contributed by atoms with Gasteiger partial charge in [-0.05, 0) is 71.4 Å². The SMILES string of the molecule is COc1cc(-c2ncc(-c3ccc(N4CCCC4=O)cc3S(=O)(=O)NC(C)(C)C)s2)ccc1NC(=O)OC(C)C. The lowest BCUT2D eigenvalue weighted by Gasteiger charge is -2.23. The molecular weight excluding hydrogens is 552 g/mol. The van der Waals surface area contributed by atoms with E-state index in [1.807, 2.05) is 0 Å². The number of hydrogen-bond donors (Lipinski definition) is 2. The molecule has 2 amide bonds. The molecule has 1 saturated heterocycles. The van der Waals surface area contributed by atoms with Crippen molar-refractivity contribution < 1.29 is 27.5 Å². The molecule has 2 N–H and O–H groups in total. The third kappa shape index (κ3) is 6.80. The van der Waals surface area contributed by atoms with Crippen LogP contribution >= 0.6 is 11.3 Å². The molecule has 0 saturated carbocycles. The Morgan fingerprint density at radius 1 is 1.15 bits per heavy atom. The van der Waals surface area contributed by atoms with Crippen LogP contribution in [0.5, 0.6) is 5.75 Å². The Kier molecular flexibility index (Phi) is 8.52. The number of anilines is 2. The van der Waals surface area contributed by atoms with Gasteiger partial charge in [0.2, 0.25) is 15.9 Å². The zero-order valence-corrected chi connectivity index (χ0v) is 25.0. The van der Waals surface area contributed by atoms with Gasteiger partial charge in [-0.2, -0.15) is 0 Å². The van der Waals surface area contributed by atoms with Crippen LogP contribution in [0.2, 0.25) is 0 Å². The predicted molar refractivity (Wildman–Crippen MR) is 156 cm³/mol. The monoisotopic (exact) mass is 586 g/mol. The standard InChI is InChI=1S/C28H34N4O6S2/c1-17(2)38-27(34)30-21-12-9-18(14-22(21)37-6)26-29-16-23(39-26)20-11-10-19(32-13-7-8-25(32)33)15-24(20)40(35,36)31-28(3,4)5/h9-12,14-17,31H,7-8,13H2,1-6H3,(H,30,34). The minimum Gasteiger partial charge on any atom is -0.495 e. The highest BCUT2D eigenvalue weighted by Crippen LogP contribution is 2.39. The van der Waals surface area contributed by atoms with Gasteiger partial charge in [0, 0.05) is 41.5 Å². The number of rotatable bonds is 8. The van der Waals surface area contributed by atoms with E-state index in [0.717, 1.165) is 12.0 Å². The summed E-state index contributed by atoms with van der Waals surface area (Å²) in [5.41, 5.74) is 1.50. The zero-order valence-electron chi connectivity index (χ0n) is 23.4. The topological polar surface area (TPSA) is 127 Å². The highest BCUT2D eigenvalue weighted by Gasteiger charge is 2.29. The van der Waals surface area contributed by atoms with Gasteiger partial charge in [0.1, 0.15) is 10.8 Å². The van der Waals surface area contributed by atoms with Crippen molar-refractivity contribution in [3.05, 3.63) is 42.6 Å². The molecule has 214 valence electrons. The molecule has 0 atom stereocenters. The number of methoxy groups -OCH3 is 1. The van der Waals surface area contributed by atoms with Crippen molar-refractivity contribution in [3.8, 4) is 26.8 Å². The number of thiazole rings is 1. The number of amides is 2. The summed E-state index contributed by atoms with van der Waals surface area (Å²) in [5, 5.41) is 3.31. The molecule has 2 aromatic carbocycles. The Balaban J connectivity index is 1.71. The van der Waals surface area contributed by atoms with Crippen LogP contribution in [0.15, 0.2) is 47.5 Å². The molecule has 1 aromatic heterocycles. The van der Waals surface area contributed by atoms with E-state index in [9.17, 15) is 18.0 Å². The van der Waals surface area contributed by atoms with E-state index in [0.29, 0.717) is 45.5 Å². The number of carbonyl (C=O) groups is 2. The van der Waals surface area contributed by atoms with Crippen molar-refractivity contribution in [3.63, 3.8) is 0 Å². The first-order chi connectivity index (χ1) is 18.8. The molecule has 1 fully saturated rings. The van der Waals surface area contributed by atoms with Gasteiger partial charge >= 0.3 is 6.09 Å². The number of nitrogens with one attached hydrogen (secondary N) is 2. The minimum atomic E-state index is -3.94. The van der Waals surface area contributed by atoms with Crippen LogP contribution < -0.4 is 19.7 Å². The lowest BCUT2D eigenvalue weighted by atomic mass is 10.1. The molecule has 0 spiro atoms. The average molecular weight is 587 g/mol. The number of benzene rings is 2. The summed E-state index contributed by atoms with van der Waals surface area (Å²) in [6.07, 6.45) is 1.95. The number of hydrogen-bond acceptors (Lipinski definition) is 8. The molecule has 1 aliphatic rings. The number of carbonyl (C=O) groups excluding carboxylic acids is 2. The zero-order chi connectivity index (χ0) is 29.2. The second-order valence-corrected chi connectivity index (χ2v) is 13.4. The molecule has 0 aliphatic carbocycles. The van der Waals surface area contributed by atoms with E-state index in [1.54, 1.807) is 82.1 Å². The maximum atomic E-state index is 13.6. The number of aromatic nitrogens is 1. The predicted octanol–water partition coefficient (Wildman–Crippen LogP) is 5.65. The summed E-state index contributed by atoms with van der Waals surface area (Å²) in [6.45, 7) is 9.40. The van der Waals surface area contributed by atoms with Crippen molar-refractivity contribution in [1.29, 1.82) is 0 Å². The molecule has 3 aromatic rings. The van der Waals surface area contributed by atoms with E-state index < -0.39 is 21.7 Å². The third-order valence-electron chi connectivity index (χ3n) is 5.88. The first-order valence-electron chi connectivity index (χ1n) is 12.9. The molecule has 4 rings (SSSR count). The van der Waals surface area contributed by atoms with E-state index in [1.165, 1.54) is 18.4 Å². The van der Waals surface area contributed by atoms with Gasteiger partial charge in [-0.1, -0.05) is 6.07 Å². The molecule has 40 heavy (non-hydrogen) atoms. The van der Waals surface area contributed by atoms with E-state index in [2.05, 4.69) is 15.0 Å². The molecule has 0 radical (unpaired) electrons. The average Bonchev–Trinajstić information content (AvgIpc) is 3.51. The Labute approximate surface area is 238 Å². The van der Waals surface area contributed by atoms with Crippen molar-refractivity contribution in [1.82, 2.24) is 9.71 Å². The fraction of sp³-hybridized carbons (Fsp3) is 0.393. The molecule has 2 heterocycles. The number of nitrogens with zero attached hydrogens (tertiary/aromatic N) is 2. The summed E-state index contributed by atoms with van der Waals surface area (Å²) in [4.78, 5) is 31.3. The van der Waals surface area contributed by atoms with Crippen LogP contribution in [0.4, 0.5) is 16.2 Å². The second kappa shape index (κ2) is 11.6. The Morgan fingerprint density at radius 3 is 2.52 bits per heavy atom. The second-order valence-electron chi connectivity index (χ2n) is 10.7. The van der Waals surface area contributed by atoms with E-state index >= 15 is 0 Å². The van der Waals surface area contributed by atoms with Crippen LogP contribution in [0.1, 0.15) is 47.5 Å². The highest BCUT2D eigenvalue weighted by atomic mass is 32.2. The Hall–Kier alpha value is -3.48. The summed E-state index contributed by atoms with van der Waals surface area (Å²) >= 11 is 1.32. The Morgan fingerprint density at radius 2 is 1.90 bits per heavy atom. The van der Waals surface area contributed by atoms with Crippen molar-refractivity contribution in [2.75, 3.05) is 23.9 Å². The Bertz CT molecular complexity index is 1530. The third-order valence-corrected chi connectivity index (χ3v) is 8.76. The molecule has 1 aliphatic heterocycles. The van der Waals surface area contributed by atoms with Crippen LogP contribution in [-0.2, 0) is 19.6 Å². The normalized spacial score (nSPS) is 14.1. The van der Waals surface area contributed by atoms with Crippen LogP contribution in [-0.4, -0.2) is 50.7 Å². The number of ether oxygens (including phenoxy) is 2. The van der Waals surface area contributed by atoms with Gasteiger partial charge < -0.3 is 14.4 Å². The van der Waals surface area contributed by atoms with E-state index in [4.69, 9.17) is 9.47 Å². The maximum absolute atomic E-state index is 13.6. The van der Waals surface area contributed by atoms with Crippen LogP contribution in [0.25, 0.3) is 21.0 Å². The van der Waals surface area contributed by atoms with Gasteiger partial charge in [-0.3, -0.25) is 10.1 Å². The lowest BCUT2D eigenvalue weighted by Crippen LogP contribution is -2.40. The quantitative estimate of drug-likeness (QED) is 0.349. The minimum absolute atomic E-state index is 0.0238. The summed E-state index contributed by atoms with van der Waals surface area (Å²) in [7, 11) is -2.44. The van der Waals surface area contributed by atoms with Crippen molar-refractivity contribution in [2.24, 2.45) is 0 Å².